The van der Waals surface area contributed by atoms with E-state index < -0.39 is 0 Å². The molecule has 0 aliphatic heterocycles. The first kappa shape index (κ1) is 14.3. The molecule has 0 saturated carbocycles. The number of ether oxygens (including phenoxy) is 1. The molecular formula is C16H12BrClN2O. The van der Waals surface area contributed by atoms with Crippen LogP contribution in [0, 0.1) is 0 Å². The van der Waals surface area contributed by atoms with Crippen LogP contribution in [0.15, 0.2) is 47.2 Å². The minimum absolute atomic E-state index is 0.678. The van der Waals surface area contributed by atoms with Crippen molar-refractivity contribution < 1.29 is 4.74 Å². The van der Waals surface area contributed by atoms with Crippen LogP contribution in [0.25, 0.3) is 11.0 Å². The minimum atomic E-state index is 0.678. The summed E-state index contributed by atoms with van der Waals surface area (Å²) in [4.78, 5) is 8.68. The minimum Gasteiger partial charge on any atom is -0.455 e. The quantitative estimate of drug-likeness (QED) is 0.625. The van der Waals surface area contributed by atoms with E-state index in [1.807, 2.05) is 30.3 Å². The van der Waals surface area contributed by atoms with Crippen LogP contribution >= 0.6 is 27.5 Å². The van der Waals surface area contributed by atoms with Crippen molar-refractivity contribution in [2.45, 2.75) is 13.3 Å². The molecule has 0 N–H and O–H groups in total. The third-order valence-corrected chi connectivity index (χ3v) is 3.94. The zero-order chi connectivity index (χ0) is 14.8. The van der Waals surface area contributed by atoms with Crippen LogP contribution in [0.1, 0.15) is 12.5 Å². The lowest BCUT2D eigenvalue weighted by atomic mass is 10.1. The average molecular weight is 364 g/mol. The van der Waals surface area contributed by atoms with Crippen molar-refractivity contribution in [3.8, 4) is 11.5 Å². The van der Waals surface area contributed by atoms with E-state index in [1.165, 1.54) is 0 Å². The number of hydrogen-bond donors (Lipinski definition) is 0. The summed E-state index contributed by atoms with van der Waals surface area (Å²) in [7, 11) is 0. The predicted molar refractivity (Wildman–Crippen MR) is 88.1 cm³/mol. The molecule has 0 unspecified atom stereocenters. The third kappa shape index (κ3) is 3.01. The number of rotatable bonds is 3. The van der Waals surface area contributed by atoms with Crippen molar-refractivity contribution in [3.63, 3.8) is 0 Å². The van der Waals surface area contributed by atoms with Crippen LogP contribution in [0.5, 0.6) is 11.5 Å². The molecule has 0 spiro atoms. The number of aromatic nitrogens is 2. The molecule has 0 aliphatic carbocycles. The lowest BCUT2D eigenvalue weighted by Crippen LogP contribution is -1.91. The van der Waals surface area contributed by atoms with Gasteiger partial charge < -0.3 is 4.74 Å². The fourth-order valence-electron chi connectivity index (χ4n) is 2.08. The summed E-state index contributed by atoms with van der Waals surface area (Å²) in [5.74, 6) is 1.42. The van der Waals surface area contributed by atoms with Crippen LogP contribution in [0.4, 0.5) is 0 Å². The maximum absolute atomic E-state index is 6.13. The van der Waals surface area contributed by atoms with Crippen molar-refractivity contribution in [2.75, 3.05) is 0 Å². The Hall–Kier alpha value is -1.65. The first-order chi connectivity index (χ1) is 10.2. The van der Waals surface area contributed by atoms with E-state index in [4.69, 9.17) is 16.3 Å². The van der Waals surface area contributed by atoms with Gasteiger partial charge in [-0.05, 0) is 52.2 Å². The summed E-state index contributed by atoms with van der Waals surface area (Å²) in [6, 6.07) is 9.38. The topological polar surface area (TPSA) is 35.0 Å². The Morgan fingerprint density at radius 1 is 1.19 bits per heavy atom. The second kappa shape index (κ2) is 6.00. The Kier molecular flexibility index (Phi) is 4.08. The van der Waals surface area contributed by atoms with Gasteiger partial charge in [0.25, 0.3) is 0 Å². The Labute approximate surface area is 136 Å². The molecule has 0 radical (unpaired) electrons. The Morgan fingerprint density at radius 3 is 2.86 bits per heavy atom. The highest BCUT2D eigenvalue weighted by Crippen LogP contribution is 2.30. The lowest BCUT2D eigenvalue weighted by Gasteiger charge is -2.10. The van der Waals surface area contributed by atoms with Gasteiger partial charge in [-0.15, -0.1) is 0 Å². The molecule has 0 aliphatic rings. The molecule has 0 fully saturated rings. The van der Waals surface area contributed by atoms with Gasteiger partial charge in [0.2, 0.25) is 0 Å². The SMILES string of the molecule is CCc1cc(Oc2ccnc3cc(Br)cnc23)ccc1Cl. The largest absolute Gasteiger partial charge is 0.455 e. The Morgan fingerprint density at radius 2 is 2.05 bits per heavy atom. The van der Waals surface area contributed by atoms with Crippen molar-refractivity contribution in [3.05, 3.63) is 57.8 Å². The van der Waals surface area contributed by atoms with E-state index in [9.17, 15) is 0 Å². The molecule has 1 aromatic carbocycles. The van der Waals surface area contributed by atoms with E-state index in [0.717, 1.165) is 38.3 Å². The summed E-state index contributed by atoms with van der Waals surface area (Å²) >= 11 is 9.52. The van der Waals surface area contributed by atoms with E-state index >= 15 is 0 Å². The number of fused-ring (bicyclic) bond motifs is 1. The number of nitrogens with zero attached hydrogens (tertiary/aromatic N) is 2. The fraction of sp³-hybridized carbons (Fsp3) is 0.125. The summed E-state index contributed by atoms with van der Waals surface area (Å²) in [6.45, 7) is 2.06. The van der Waals surface area contributed by atoms with Crippen molar-refractivity contribution in [1.82, 2.24) is 9.97 Å². The molecule has 5 heteroatoms. The van der Waals surface area contributed by atoms with Crippen LogP contribution in [0.3, 0.4) is 0 Å². The zero-order valence-corrected chi connectivity index (χ0v) is 13.6. The summed E-state index contributed by atoms with van der Waals surface area (Å²) in [5, 5.41) is 0.756. The molecule has 21 heavy (non-hydrogen) atoms. The summed E-state index contributed by atoms with van der Waals surface area (Å²) in [5.41, 5.74) is 2.57. The van der Waals surface area contributed by atoms with E-state index in [2.05, 4.69) is 32.8 Å². The number of hydrogen-bond acceptors (Lipinski definition) is 3. The summed E-state index contributed by atoms with van der Waals surface area (Å²) in [6.07, 6.45) is 4.30. The molecule has 2 heterocycles. The smallest absolute Gasteiger partial charge is 0.156 e. The number of benzene rings is 1. The fourth-order valence-corrected chi connectivity index (χ4v) is 2.65. The van der Waals surface area contributed by atoms with Gasteiger partial charge in [-0.2, -0.15) is 0 Å². The second-order valence-corrected chi connectivity index (χ2v) is 5.86. The van der Waals surface area contributed by atoms with E-state index in [1.54, 1.807) is 12.4 Å². The Balaban J connectivity index is 2.02. The molecule has 3 rings (SSSR count). The maximum atomic E-state index is 6.13. The van der Waals surface area contributed by atoms with Gasteiger partial charge in [0.05, 0.1) is 5.52 Å². The zero-order valence-electron chi connectivity index (χ0n) is 11.3. The van der Waals surface area contributed by atoms with E-state index in [-0.39, 0.29) is 0 Å². The standard InChI is InChI=1S/C16H12BrClN2O/c1-2-10-7-12(3-4-13(10)18)21-15-5-6-19-14-8-11(17)9-20-16(14)15/h3-9H,2H2,1H3. The molecule has 3 aromatic rings. The average Bonchev–Trinajstić information content (AvgIpc) is 2.49. The van der Waals surface area contributed by atoms with Crippen molar-refractivity contribution in [2.24, 2.45) is 0 Å². The molecule has 0 bridgehead atoms. The Bertz CT molecular complexity index is 807. The highest BCUT2D eigenvalue weighted by molar-refractivity contribution is 9.10. The highest BCUT2D eigenvalue weighted by Gasteiger charge is 2.08. The first-order valence-electron chi connectivity index (χ1n) is 6.54. The molecule has 0 amide bonds. The third-order valence-electron chi connectivity index (χ3n) is 3.13. The van der Waals surface area contributed by atoms with Crippen molar-refractivity contribution in [1.29, 1.82) is 0 Å². The number of aryl methyl sites for hydroxylation is 1. The molecule has 3 nitrogen and oxygen atoms in total. The molecule has 2 aromatic heterocycles. The molecule has 0 saturated heterocycles. The second-order valence-electron chi connectivity index (χ2n) is 4.54. The van der Waals surface area contributed by atoms with Crippen molar-refractivity contribution >= 4 is 38.6 Å². The van der Waals surface area contributed by atoms with Gasteiger partial charge in [-0.1, -0.05) is 18.5 Å². The predicted octanol–water partition coefficient (Wildman–Crippen LogP) is 5.40. The number of pyridine rings is 2. The number of halogens is 2. The van der Waals surface area contributed by atoms with Gasteiger partial charge >= 0.3 is 0 Å². The van der Waals surface area contributed by atoms with E-state index in [0.29, 0.717) is 5.75 Å². The van der Waals surface area contributed by atoms with Gasteiger partial charge in [-0.3, -0.25) is 4.98 Å². The van der Waals surface area contributed by atoms with Gasteiger partial charge in [0.15, 0.2) is 5.75 Å². The van der Waals surface area contributed by atoms with Crippen LogP contribution < -0.4 is 4.74 Å². The van der Waals surface area contributed by atoms with Crippen LogP contribution in [-0.4, -0.2) is 9.97 Å². The van der Waals surface area contributed by atoms with Gasteiger partial charge in [0.1, 0.15) is 11.3 Å². The first-order valence-corrected chi connectivity index (χ1v) is 7.71. The summed E-state index contributed by atoms with van der Waals surface area (Å²) < 4.78 is 6.84. The monoisotopic (exact) mass is 362 g/mol. The molecular weight excluding hydrogens is 352 g/mol. The van der Waals surface area contributed by atoms with Crippen LogP contribution in [0.2, 0.25) is 5.02 Å². The van der Waals surface area contributed by atoms with Crippen LogP contribution in [-0.2, 0) is 6.42 Å². The van der Waals surface area contributed by atoms with Gasteiger partial charge in [-0.25, -0.2) is 4.98 Å². The molecule has 106 valence electrons. The highest BCUT2D eigenvalue weighted by atomic mass is 79.9. The molecule has 0 atom stereocenters. The normalized spacial score (nSPS) is 10.8. The maximum Gasteiger partial charge on any atom is 0.156 e. The lowest BCUT2D eigenvalue weighted by molar-refractivity contribution is 0.486. The van der Waals surface area contributed by atoms with Gasteiger partial charge in [0, 0.05) is 28.0 Å².